The average Bonchev–Trinajstić information content (AvgIpc) is 2.81. The van der Waals surface area contributed by atoms with Crippen molar-refractivity contribution in [2.75, 3.05) is 16.1 Å². The zero-order chi connectivity index (χ0) is 23.0. The average molecular weight is 442 g/mol. The smallest absolute Gasteiger partial charge is 0.311 e. The molecule has 0 saturated heterocycles. The number of rotatable bonds is 8. The molecule has 0 saturated carbocycles. The molecule has 0 spiro atoms. The molecule has 0 atom stereocenters. The van der Waals surface area contributed by atoms with Crippen LogP contribution in [0.25, 0.3) is 0 Å². The molecule has 0 aliphatic heterocycles. The maximum Gasteiger partial charge on any atom is 0.311 e. The van der Waals surface area contributed by atoms with Crippen LogP contribution in [0.15, 0.2) is 84.0 Å². The topological polar surface area (TPSA) is 150 Å². The summed E-state index contributed by atoms with van der Waals surface area (Å²) in [6, 6.07) is 22.9. The number of aromatic hydroxyl groups is 1. The van der Waals surface area contributed by atoms with Crippen molar-refractivity contribution in [1.29, 1.82) is 0 Å². The van der Waals surface area contributed by atoms with Gasteiger partial charge in [-0.05, 0) is 30.3 Å². The van der Waals surface area contributed by atoms with E-state index in [9.17, 15) is 15.2 Å². The number of para-hydroxylation sites is 3. The zero-order valence-corrected chi connectivity index (χ0v) is 17.1. The number of nitro benzene ring substituents is 1. The normalized spacial score (nSPS) is 10.7. The number of phenolic OH excluding ortho intramolecular Hbond substituents is 1. The van der Waals surface area contributed by atoms with Gasteiger partial charge in [-0.15, -0.1) is 0 Å². The molecule has 4 N–H and O–H groups in total. The number of phenols is 1. The molecule has 4 rings (SSSR count). The van der Waals surface area contributed by atoms with Crippen LogP contribution in [0.2, 0.25) is 0 Å². The Morgan fingerprint density at radius 3 is 1.88 bits per heavy atom. The lowest BCUT2D eigenvalue weighted by Gasteiger charge is -2.10. The Kier molecular flexibility index (Phi) is 6.31. The molecule has 0 aliphatic carbocycles. The molecule has 0 amide bonds. The minimum Gasteiger partial charge on any atom is -0.502 e. The summed E-state index contributed by atoms with van der Waals surface area (Å²) in [5.74, 6) is 0.167. The Hall–Kier alpha value is -5.06. The molecule has 11 heteroatoms. The van der Waals surface area contributed by atoms with Crippen molar-refractivity contribution in [1.82, 2.24) is 15.0 Å². The number of nitrogens with one attached hydrogen (secondary N) is 3. The van der Waals surface area contributed by atoms with Gasteiger partial charge in [-0.25, -0.2) is 5.43 Å². The summed E-state index contributed by atoms with van der Waals surface area (Å²) in [7, 11) is 0. The van der Waals surface area contributed by atoms with E-state index in [2.05, 4.69) is 36.1 Å². The number of hydrazone groups is 1. The fourth-order valence-electron chi connectivity index (χ4n) is 2.80. The first-order valence-electron chi connectivity index (χ1n) is 9.74. The molecule has 3 aromatic carbocycles. The van der Waals surface area contributed by atoms with Crippen LogP contribution < -0.4 is 16.1 Å². The maximum absolute atomic E-state index is 11.0. The van der Waals surface area contributed by atoms with Gasteiger partial charge in [-0.2, -0.15) is 20.1 Å². The largest absolute Gasteiger partial charge is 0.502 e. The summed E-state index contributed by atoms with van der Waals surface area (Å²) >= 11 is 0. The lowest BCUT2D eigenvalue weighted by atomic mass is 10.2. The van der Waals surface area contributed by atoms with Crippen molar-refractivity contribution in [3.8, 4) is 5.75 Å². The van der Waals surface area contributed by atoms with E-state index in [1.807, 2.05) is 60.7 Å². The molecule has 0 unspecified atom stereocenters. The van der Waals surface area contributed by atoms with Crippen molar-refractivity contribution >= 4 is 41.1 Å². The predicted octanol–water partition coefficient (Wildman–Crippen LogP) is 4.42. The van der Waals surface area contributed by atoms with Crippen LogP contribution in [0.1, 0.15) is 5.56 Å². The van der Waals surface area contributed by atoms with Gasteiger partial charge in [-0.1, -0.05) is 42.5 Å². The molecule has 0 radical (unpaired) electrons. The number of nitrogens with zero attached hydrogens (tertiary/aromatic N) is 5. The van der Waals surface area contributed by atoms with Gasteiger partial charge in [0.25, 0.3) is 0 Å². The van der Waals surface area contributed by atoms with Gasteiger partial charge in [-0.3, -0.25) is 10.1 Å². The molecule has 1 heterocycles. The van der Waals surface area contributed by atoms with Crippen LogP contribution in [-0.2, 0) is 0 Å². The second kappa shape index (κ2) is 9.83. The standard InChI is InChI=1S/C22H18N8O3/c31-19-15(8-7-13-18(19)30(32)33)14-23-29-22-27-20(24-16-9-3-1-4-10-16)26-21(28-22)25-17-11-5-2-6-12-17/h1-14,31H,(H3,24,25,26,27,28,29)/b23-14-. The van der Waals surface area contributed by atoms with E-state index in [-0.39, 0.29) is 23.4 Å². The first-order valence-corrected chi connectivity index (χ1v) is 9.74. The van der Waals surface area contributed by atoms with Crippen molar-refractivity contribution in [2.24, 2.45) is 5.10 Å². The number of benzene rings is 3. The predicted molar refractivity (Wildman–Crippen MR) is 125 cm³/mol. The lowest BCUT2D eigenvalue weighted by molar-refractivity contribution is -0.385. The van der Waals surface area contributed by atoms with E-state index >= 15 is 0 Å². The SMILES string of the molecule is O=[N+]([O-])c1cccc(/C=N\Nc2nc(Nc3ccccc3)nc(Nc3ccccc3)n2)c1O. The quantitative estimate of drug-likeness (QED) is 0.177. The Morgan fingerprint density at radius 1 is 0.788 bits per heavy atom. The highest BCUT2D eigenvalue weighted by molar-refractivity contribution is 5.85. The fourth-order valence-corrected chi connectivity index (χ4v) is 2.80. The third-order valence-corrected chi connectivity index (χ3v) is 4.31. The summed E-state index contributed by atoms with van der Waals surface area (Å²) in [6.07, 6.45) is 1.24. The highest BCUT2D eigenvalue weighted by Crippen LogP contribution is 2.28. The summed E-state index contributed by atoms with van der Waals surface area (Å²) < 4.78 is 0. The lowest BCUT2D eigenvalue weighted by Crippen LogP contribution is -2.07. The maximum atomic E-state index is 11.0. The molecule has 164 valence electrons. The molecular formula is C22H18N8O3. The van der Waals surface area contributed by atoms with E-state index in [0.717, 1.165) is 11.4 Å². The summed E-state index contributed by atoms with van der Waals surface area (Å²) in [5, 5.41) is 31.2. The third kappa shape index (κ3) is 5.55. The van der Waals surface area contributed by atoms with E-state index in [0.29, 0.717) is 0 Å². The van der Waals surface area contributed by atoms with Gasteiger partial charge in [0.1, 0.15) is 0 Å². The van der Waals surface area contributed by atoms with Crippen LogP contribution in [-0.4, -0.2) is 31.2 Å². The summed E-state index contributed by atoms with van der Waals surface area (Å²) in [4.78, 5) is 23.3. The minimum atomic E-state index is -0.671. The van der Waals surface area contributed by atoms with E-state index in [4.69, 9.17) is 0 Å². The molecule has 0 bridgehead atoms. The van der Waals surface area contributed by atoms with Crippen LogP contribution in [0.3, 0.4) is 0 Å². The first kappa shape index (κ1) is 21.2. The highest BCUT2D eigenvalue weighted by Gasteiger charge is 2.15. The van der Waals surface area contributed by atoms with Gasteiger partial charge >= 0.3 is 5.69 Å². The van der Waals surface area contributed by atoms with Gasteiger partial charge in [0.15, 0.2) is 0 Å². The van der Waals surface area contributed by atoms with E-state index < -0.39 is 16.4 Å². The van der Waals surface area contributed by atoms with Crippen molar-refractivity contribution in [3.63, 3.8) is 0 Å². The molecule has 1 aromatic heterocycles. The van der Waals surface area contributed by atoms with E-state index in [1.165, 1.54) is 24.4 Å². The Bertz CT molecular complexity index is 1220. The van der Waals surface area contributed by atoms with Crippen LogP contribution in [0, 0.1) is 10.1 Å². The van der Waals surface area contributed by atoms with Gasteiger partial charge in [0.2, 0.25) is 23.6 Å². The second-order valence-corrected chi connectivity index (χ2v) is 6.63. The highest BCUT2D eigenvalue weighted by atomic mass is 16.6. The minimum absolute atomic E-state index is 0.114. The third-order valence-electron chi connectivity index (χ3n) is 4.31. The number of hydrogen-bond donors (Lipinski definition) is 4. The summed E-state index contributed by atoms with van der Waals surface area (Å²) in [5.41, 5.74) is 3.98. The number of aromatic nitrogens is 3. The number of hydrogen-bond acceptors (Lipinski definition) is 10. The van der Waals surface area contributed by atoms with Gasteiger partial charge in [0, 0.05) is 23.0 Å². The summed E-state index contributed by atoms with van der Waals surface area (Å²) in [6.45, 7) is 0. The molecule has 0 aliphatic rings. The van der Waals surface area contributed by atoms with Crippen molar-refractivity contribution in [3.05, 3.63) is 94.5 Å². The number of anilines is 5. The van der Waals surface area contributed by atoms with Gasteiger partial charge in [0.05, 0.1) is 11.1 Å². The molecule has 0 fully saturated rings. The Balaban J connectivity index is 1.59. The van der Waals surface area contributed by atoms with Crippen molar-refractivity contribution < 1.29 is 10.0 Å². The molecule has 11 nitrogen and oxygen atoms in total. The monoisotopic (exact) mass is 442 g/mol. The number of nitro groups is 1. The van der Waals surface area contributed by atoms with Crippen molar-refractivity contribution in [2.45, 2.75) is 0 Å². The first-order chi connectivity index (χ1) is 16.1. The molecular weight excluding hydrogens is 424 g/mol. The second-order valence-electron chi connectivity index (χ2n) is 6.63. The molecule has 4 aromatic rings. The van der Waals surface area contributed by atoms with Crippen LogP contribution in [0.5, 0.6) is 5.75 Å². The van der Waals surface area contributed by atoms with E-state index in [1.54, 1.807) is 0 Å². The van der Waals surface area contributed by atoms with Crippen LogP contribution in [0.4, 0.5) is 34.9 Å². The zero-order valence-electron chi connectivity index (χ0n) is 17.1. The van der Waals surface area contributed by atoms with Crippen LogP contribution >= 0.6 is 0 Å². The molecule has 33 heavy (non-hydrogen) atoms. The van der Waals surface area contributed by atoms with Gasteiger partial charge < -0.3 is 15.7 Å². The fraction of sp³-hybridized carbons (Fsp3) is 0. The Labute approximate surface area is 188 Å². The Morgan fingerprint density at radius 2 is 1.33 bits per heavy atom.